The van der Waals surface area contributed by atoms with E-state index < -0.39 is 5.97 Å². The fourth-order valence-electron chi connectivity index (χ4n) is 2.19. The fourth-order valence-corrected chi connectivity index (χ4v) is 2.19. The van der Waals surface area contributed by atoms with Crippen LogP contribution >= 0.6 is 0 Å². The molecule has 0 aliphatic carbocycles. The highest BCUT2D eigenvalue weighted by atomic mass is 16.4. The summed E-state index contributed by atoms with van der Waals surface area (Å²) in [5, 5.41) is 8.93. The van der Waals surface area contributed by atoms with Gasteiger partial charge in [-0.2, -0.15) is 0 Å². The number of carbonyl (C=O) groups is 1. The molecule has 1 aromatic heterocycles. The van der Waals surface area contributed by atoms with E-state index in [1.807, 2.05) is 36.8 Å². The fraction of sp³-hybridized carbons (Fsp3) is 0.375. The first-order chi connectivity index (χ1) is 9.49. The largest absolute Gasteiger partial charge is 0.481 e. The van der Waals surface area contributed by atoms with Gasteiger partial charge in [-0.05, 0) is 31.4 Å². The second kappa shape index (κ2) is 5.90. The van der Waals surface area contributed by atoms with Gasteiger partial charge in [0.15, 0.2) is 0 Å². The lowest BCUT2D eigenvalue weighted by molar-refractivity contribution is -0.141. The lowest BCUT2D eigenvalue weighted by Crippen LogP contribution is -2.12. The molecule has 1 heterocycles. The zero-order valence-corrected chi connectivity index (χ0v) is 12.1. The first kappa shape index (κ1) is 14.3. The number of hydrogen-bond acceptors (Lipinski definition) is 2. The van der Waals surface area contributed by atoms with Gasteiger partial charge in [-0.3, -0.25) is 4.79 Å². The van der Waals surface area contributed by atoms with Crippen LogP contribution in [-0.2, 0) is 11.2 Å². The Morgan fingerprint density at radius 2 is 1.90 bits per heavy atom. The summed E-state index contributed by atoms with van der Waals surface area (Å²) in [6, 6.07) is 8.40. The van der Waals surface area contributed by atoms with Gasteiger partial charge < -0.3 is 9.67 Å². The number of benzene rings is 1. The number of hydrogen-bond donors (Lipinski definition) is 1. The minimum Gasteiger partial charge on any atom is -0.481 e. The smallest absolute Gasteiger partial charge is 0.306 e. The molecule has 1 atom stereocenters. The van der Waals surface area contributed by atoms with Crippen LogP contribution in [0, 0.1) is 5.92 Å². The third-order valence-electron chi connectivity index (χ3n) is 3.44. The first-order valence-electron chi connectivity index (χ1n) is 6.83. The van der Waals surface area contributed by atoms with Crippen molar-refractivity contribution in [1.82, 2.24) is 9.55 Å². The van der Waals surface area contributed by atoms with Gasteiger partial charge in [-0.1, -0.05) is 31.2 Å². The van der Waals surface area contributed by atoms with Crippen molar-refractivity contribution in [2.75, 3.05) is 0 Å². The molecule has 0 radical (unpaired) electrons. The van der Waals surface area contributed by atoms with Crippen LogP contribution in [0.4, 0.5) is 0 Å². The van der Waals surface area contributed by atoms with Gasteiger partial charge in [0.1, 0.15) is 0 Å². The number of carboxylic acids is 1. The second-order valence-electron chi connectivity index (χ2n) is 5.42. The van der Waals surface area contributed by atoms with E-state index in [1.165, 1.54) is 0 Å². The van der Waals surface area contributed by atoms with E-state index in [9.17, 15) is 4.79 Å². The van der Waals surface area contributed by atoms with Crippen molar-refractivity contribution in [3.63, 3.8) is 0 Å². The van der Waals surface area contributed by atoms with Crippen molar-refractivity contribution in [3.05, 3.63) is 42.4 Å². The van der Waals surface area contributed by atoms with Gasteiger partial charge in [0.25, 0.3) is 0 Å². The summed E-state index contributed by atoms with van der Waals surface area (Å²) in [6.45, 7) is 5.96. The molecule has 2 aromatic rings. The van der Waals surface area contributed by atoms with Crippen LogP contribution in [-0.4, -0.2) is 20.6 Å². The van der Waals surface area contributed by atoms with Gasteiger partial charge in [-0.15, -0.1) is 0 Å². The van der Waals surface area contributed by atoms with Crippen LogP contribution in [0.2, 0.25) is 0 Å². The highest BCUT2D eigenvalue weighted by Gasteiger charge is 2.12. The Hall–Kier alpha value is -2.10. The summed E-state index contributed by atoms with van der Waals surface area (Å²) < 4.78 is 2.12. The van der Waals surface area contributed by atoms with Gasteiger partial charge in [-0.25, -0.2) is 4.98 Å². The Morgan fingerprint density at radius 3 is 2.45 bits per heavy atom. The Labute approximate surface area is 119 Å². The average Bonchev–Trinajstić information content (AvgIpc) is 2.88. The van der Waals surface area contributed by atoms with Crippen molar-refractivity contribution in [2.45, 2.75) is 33.2 Å². The number of carboxylic acid groups (broad SMARTS) is 1. The molecular formula is C16H20N2O2. The third-order valence-corrected chi connectivity index (χ3v) is 3.44. The van der Waals surface area contributed by atoms with E-state index in [-0.39, 0.29) is 5.92 Å². The van der Waals surface area contributed by atoms with Crippen molar-refractivity contribution in [1.29, 1.82) is 0 Å². The summed E-state index contributed by atoms with van der Waals surface area (Å²) in [5.41, 5.74) is 3.22. The number of nitrogens with zero attached hydrogens (tertiary/aromatic N) is 2. The molecule has 4 nitrogen and oxygen atoms in total. The standard InChI is InChI=1S/C16H20N2O2/c1-11(2)18-10-17-9-15(18)14-6-4-13(5-7-14)8-12(3)16(19)20/h4-7,9-12H,8H2,1-3H3,(H,19,20). The SMILES string of the molecule is CC(Cc1ccc(-c2cncn2C(C)C)cc1)C(=O)O. The average molecular weight is 272 g/mol. The van der Waals surface area contributed by atoms with Crippen molar-refractivity contribution in [2.24, 2.45) is 5.92 Å². The molecule has 20 heavy (non-hydrogen) atoms. The summed E-state index contributed by atoms with van der Waals surface area (Å²) in [7, 11) is 0. The van der Waals surface area contributed by atoms with Crippen LogP contribution in [0.1, 0.15) is 32.4 Å². The number of aliphatic carboxylic acids is 1. The summed E-state index contributed by atoms with van der Waals surface area (Å²) in [6.07, 6.45) is 4.24. The van der Waals surface area contributed by atoms with E-state index in [0.29, 0.717) is 12.5 Å². The molecule has 0 aliphatic rings. The zero-order valence-electron chi connectivity index (χ0n) is 12.1. The van der Waals surface area contributed by atoms with E-state index in [0.717, 1.165) is 16.8 Å². The van der Waals surface area contributed by atoms with Crippen LogP contribution in [0.5, 0.6) is 0 Å². The quantitative estimate of drug-likeness (QED) is 0.907. The van der Waals surface area contributed by atoms with E-state index in [4.69, 9.17) is 5.11 Å². The van der Waals surface area contributed by atoms with E-state index >= 15 is 0 Å². The van der Waals surface area contributed by atoms with Crippen molar-refractivity contribution >= 4 is 5.97 Å². The van der Waals surface area contributed by atoms with Gasteiger partial charge in [0.05, 0.1) is 24.1 Å². The number of rotatable bonds is 5. The third kappa shape index (κ3) is 3.07. The van der Waals surface area contributed by atoms with Crippen LogP contribution in [0.3, 0.4) is 0 Å². The molecule has 0 amide bonds. The molecule has 1 aromatic carbocycles. The van der Waals surface area contributed by atoms with Crippen molar-refractivity contribution in [3.8, 4) is 11.3 Å². The van der Waals surface area contributed by atoms with Gasteiger partial charge >= 0.3 is 5.97 Å². The molecule has 0 saturated heterocycles. The molecule has 0 bridgehead atoms. The minimum absolute atomic E-state index is 0.359. The predicted octanol–water partition coefficient (Wildman–Crippen LogP) is 3.39. The van der Waals surface area contributed by atoms with E-state index in [2.05, 4.69) is 23.4 Å². The number of imidazole rings is 1. The molecule has 0 saturated carbocycles. The Morgan fingerprint density at radius 1 is 1.25 bits per heavy atom. The Bertz CT molecular complexity index is 585. The molecule has 106 valence electrons. The molecule has 0 aliphatic heterocycles. The van der Waals surface area contributed by atoms with E-state index in [1.54, 1.807) is 6.92 Å². The van der Waals surface area contributed by atoms with Crippen LogP contribution < -0.4 is 0 Å². The zero-order chi connectivity index (χ0) is 14.7. The van der Waals surface area contributed by atoms with Gasteiger partial charge in [0, 0.05) is 6.04 Å². The maximum atomic E-state index is 10.9. The Balaban J connectivity index is 2.20. The maximum absolute atomic E-state index is 10.9. The molecule has 0 fully saturated rings. The molecular weight excluding hydrogens is 252 g/mol. The normalized spacial score (nSPS) is 12.6. The van der Waals surface area contributed by atoms with Crippen molar-refractivity contribution < 1.29 is 9.90 Å². The maximum Gasteiger partial charge on any atom is 0.306 e. The number of aromatic nitrogens is 2. The summed E-state index contributed by atoms with van der Waals surface area (Å²) in [5.74, 6) is -1.12. The lowest BCUT2D eigenvalue weighted by atomic mass is 10.00. The lowest BCUT2D eigenvalue weighted by Gasteiger charge is -2.12. The van der Waals surface area contributed by atoms with Gasteiger partial charge in [0.2, 0.25) is 0 Å². The topological polar surface area (TPSA) is 55.1 Å². The monoisotopic (exact) mass is 272 g/mol. The minimum atomic E-state index is -0.757. The molecule has 2 rings (SSSR count). The predicted molar refractivity (Wildman–Crippen MR) is 78.6 cm³/mol. The highest BCUT2D eigenvalue weighted by molar-refractivity contribution is 5.70. The summed E-state index contributed by atoms with van der Waals surface area (Å²) in [4.78, 5) is 15.1. The highest BCUT2D eigenvalue weighted by Crippen LogP contribution is 2.23. The van der Waals surface area contributed by atoms with Crippen LogP contribution in [0.15, 0.2) is 36.8 Å². The molecule has 1 N–H and O–H groups in total. The van der Waals surface area contributed by atoms with Crippen LogP contribution in [0.25, 0.3) is 11.3 Å². The Kier molecular flexibility index (Phi) is 4.23. The molecule has 1 unspecified atom stereocenters. The summed E-state index contributed by atoms with van der Waals surface area (Å²) >= 11 is 0. The first-order valence-corrected chi connectivity index (χ1v) is 6.83. The molecule has 4 heteroatoms. The second-order valence-corrected chi connectivity index (χ2v) is 5.42. The molecule has 0 spiro atoms.